The molecule has 0 unspecified atom stereocenters. The van der Waals surface area contributed by atoms with Crippen molar-refractivity contribution in [2.75, 3.05) is 0 Å². The van der Waals surface area contributed by atoms with Gasteiger partial charge in [0.25, 0.3) is 0 Å². The third-order valence-corrected chi connectivity index (χ3v) is 5.44. The molecule has 1 atom stereocenters. The molecule has 0 saturated heterocycles. The van der Waals surface area contributed by atoms with Gasteiger partial charge in [-0.25, -0.2) is 0 Å². The number of benzene rings is 2. The molecule has 2 aromatic rings. The number of hydrogen-bond donors (Lipinski definition) is 3. The first-order chi connectivity index (χ1) is 10.8. The highest BCUT2D eigenvalue weighted by molar-refractivity contribution is 14.1. The number of carboxylic acids is 1. The first kappa shape index (κ1) is 22.0. The van der Waals surface area contributed by atoms with Crippen LogP contribution >= 0.6 is 80.2 Å². The van der Waals surface area contributed by atoms with Crippen molar-refractivity contribution in [3.8, 4) is 17.2 Å². The Hall–Kier alpha value is -0.0500. The van der Waals surface area contributed by atoms with Crippen LogP contribution < -0.4 is 10.5 Å². The summed E-state index contributed by atoms with van der Waals surface area (Å²) in [5.41, 5.74) is 6.43. The van der Waals surface area contributed by atoms with E-state index in [-0.39, 0.29) is 24.6 Å². The average molecular weight is 693 g/mol. The number of nitrogens with two attached hydrogens (primary N) is 1. The summed E-state index contributed by atoms with van der Waals surface area (Å²) >= 11 is 6.33. The minimum absolute atomic E-state index is 0. The summed E-state index contributed by atoms with van der Waals surface area (Å²) < 4.78 is 8.34. The van der Waals surface area contributed by atoms with E-state index in [2.05, 4.69) is 45.2 Å². The molecule has 9 heteroatoms. The maximum atomic E-state index is 10.9. The van der Waals surface area contributed by atoms with Crippen molar-refractivity contribution >= 4 is 86.1 Å². The highest BCUT2D eigenvalue weighted by atomic mass is 127. The predicted molar refractivity (Wildman–Crippen MR) is 119 cm³/mol. The molecule has 0 fully saturated rings. The molecule has 0 aromatic heterocycles. The molecule has 0 spiro atoms. The molecule has 0 heterocycles. The van der Waals surface area contributed by atoms with E-state index < -0.39 is 12.0 Å². The lowest BCUT2D eigenvalue weighted by atomic mass is 10.3. The molecule has 2 aromatic carbocycles. The Labute approximate surface area is 186 Å². The SMILES string of the molecule is Cl.N[C@@H](C[13c]1[13cH][13c](I)[13c](Oc2ccc(O)c(I)c2)[13c](I)[13cH]1)C(=O)O. The fourth-order valence-corrected chi connectivity index (χ4v) is 4.44. The van der Waals surface area contributed by atoms with E-state index in [1.165, 1.54) is 0 Å². The second-order valence-electron chi connectivity index (χ2n) is 4.75. The van der Waals surface area contributed by atoms with E-state index in [9.17, 15) is 9.90 Å². The number of phenols is 1. The highest BCUT2D eigenvalue weighted by Gasteiger charge is 2.16. The van der Waals surface area contributed by atoms with Crippen molar-refractivity contribution in [3.05, 3.63) is 46.6 Å². The normalized spacial score (nSPS) is 11.5. The van der Waals surface area contributed by atoms with Crippen LogP contribution in [0.15, 0.2) is 30.3 Å². The van der Waals surface area contributed by atoms with Crippen molar-refractivity contribution in [1.82, 2.24) is 0 Å². The van der Waals surface area contributed by atoms with Crippen LogP contribution in [0.3, 0.4) is 0 Å². The van der Waals surface area contributed by atoms with Crippen LogP contribution in [0.4, 0.5) is 0 Å². The van der Waals surface area contributed by atoms with Crippen LogP contribution in [-0.4, -0.2) is 22.2 Å². The van der Waals surface area contributed by atoms with Gasteiger partial charge in [-0.15, -0.1) is 12.4 Å². The number of aliphatic carboxylic acids is 1. The molecule has 24 heavy (non-hydrogen) atoms. The molecule has 0 aliphatic heterocycles. The van der Waals surface area contributed by atoms with Gasteiger partial charge >= 0.3 is 5.97 Å². The Morgan fingerprint density at radius 2 is 1.71 bits per heavy atom. The quantitative estimate of drug-likeness (QED) is 0.405. The van der Waals surface area contributed by atoms with E-state index in [0.29, 0.717) is 15.1 Å². The van der Waals surface area contributed by atoms with Gasteiger partial charge in [0, 0.05) is 0 Å². The van der Waals surface area contributed by atoms with E-state index in [1.807, 2.05) is 34.7 Å². The number of halogens is 4. The van der Waals surface area contributed by atoms with E-state index in [0.717, 1.165) is 12.7 Å². The molecule has 2 rings (SSSR count). The van der Waals surface area contributed by atoms with Crippen LogP contribution in [-0.2, 0) is 11.2 Å². The topological polar surface area (TPSA) is 92.8 Å². The Bertz CT molecular complexity index is 734. The lowest BCUT2D eigenvalue weighted by Gasteiger charge is -2.13. The van der Waals surface area contributed by atoms with Gasteiger partial charge in [-0.05, 0) is 110 Å². The van der Waals surface area contributed by atoms with Gasteiger partial charge < -0.3 is 20.7 Å². The number of carbonyl (C=O) groups is 1. The standard InChI is InChI=1S/C15H12I3NO4.ClH/c16-9-6-8(1-2-13(9)20)23-14-10(17)3-7(4-11(14)18)5-12(19)15(21)22;/h1-4,6,12,20H,5,19H2,(H,21,22);1H/t12-;/m0./s1/i3+1,4+1,7+1,10+1,11+1,14+1;. The number of aromatic hydroxyl groups is 1. The fourth-order valence-electron chi connectivity index (χ4n) is 1.84. The molecular weight excluding hydrogens is 680 g/mol. The zero-order valence-electron chi connectivity index (χ0n) is 12.0. The molecule has 0 aliphatic rings. The van der Waals surface area contributed by atoms with Gasteiger partial charge in [-0.3, -0.25) is 4.79 Å². The molecule has 0 saturated carbocycles. The minimum atomic E-state index is -1.02. The lowest BCUT2D eigenvalue weighted by Crippen LogP contribution is -2.32. The van der Waals surface area contributed by atoms with Crippen LogP contribution in [0, 0.1) is 10.7 Å². The maximum Gasteiger partial charge on any atom is 0.320 e. The number of rotatable bonds is 5. The highest BCUT2D eigenvalue weighted by Crippen LogP contribution is 2.34. The Morgan fingerprint density at radius 3 is 2.21 bits per heavy atom. The van der Waals surface area contributed by atoms with Gasteiger partial charge in [0.15, 0.2) is 5.75 Å². The molecule has 4 N–H and O–H groups in total. The number of carboxylic acid groups (broad SMARTS) is 1. The van der Waals surface area contributed by atoms with Gasteiger partial charge in [0.2, 0.25) is 0 Å². The zero-order valence-corrected chi connectivity index (χ0v) is 19.3. The summed E-state index contributed by atoms with van der Waals surface area (Å²) in [6.07, 6.45) is 0.263. The van der Waals surface area contributed by atoms with E-state index in [1.54, 1.807) is 18.2 Å². The second kappa shape index (κ2) is 9.59. The summed E-state index contributed by atoms with van der Waals surface area (Å²) in [4.78, 5) is 10.9. The average Bonchev–Trinajstić information content (AvgIpc) is 2.46. The lowest BCUT2D eigenvalue weighted by molar-refractivity contribution is -0.138. The first-order valence-corrected chi connectivity index (χ1v) is 9.64. The van der Waals surface area contributed by atoms with Crippen molar-refractivity contribution in [1.29, 1.82) is 0 Å². The summed E-state index contributed by atoms with van der Waals surface area (Å²) in [5, 5.41) is 18.5. The Kier molecular flexibility index (Phi) is 8.79. The number of phenolic OH excluding ortho intramolecular Hbond substituents is 1. The molecule has 0 radical (unpaired) electrons. The van der Waals surface area contributed by atoms with Gasteiger partial charge in [-0.1, -0.05) is 0 Å². The van der Waals surface area contributed by atoms with Crippen molar-refractivity contribution in [2.45, 2.75) is 12.5 Å². The number of hydrogen-bond acceptors (Lipinski definition) is 4. The molecule has 0 bridgehead atoms. The monoisotopic (exact) mass is 693 g/mol. The molecule has 0 aliphatic carbocycles. The largest absolute Gasteiger partial charge is 0.507 e. The summed E-state index contributed by atoms with van der Waals surface area (Å²) in [6, 6.07) is 7.83. The minimum Gasteiger partial charge on any atom is -0.507 e. The zero-order chi connectivity index (χ0) is 17.1. The van der Waals surface area contributed by atoms with Gasteiger partial charge in [-0.2, -0.15) is 0 Å². The molecule has 0 amide bonds. The number of ether oxygens (including phenoxy) is 1. The first-order valence-electron chi connectivity index (χ1n) is 6.40. The predicted octanol–water partition coefficient (Wildman–Crippen LogP) is 4.37. The van der Waals surface area contributed by atoms with E-state index in [4.69, 9.17) is 15.6 Å². The molecule has 130 valence electrons. The van der Waals surface area contributed by atoms with Crippen molar-refractivity contribution < 1.29 is 19.7 Å². The smallest absolute Gasteiger partial charge is 0.320 e. The fraction of sp³-hybridized carbons (Fsp3) is 0.133. The molecule has 5 nitrogen and oxygen atoms in total. The Morgan fingerprint density at radius 1 is 1.12 bits per heavy atom. The molecular formula is C15H13ClI3NO4. The summed E-state index contributed by atoms with van der Waals surface area (Å²) in [6.45, 7) is 0. The van der Waals surface area contributed by atoms with Crippen LogP contribution in [0.25, 0.3) is 0 Å². The van der Waals surface area contributed by atoms with Gasteiger partial charge in [0.1, 0.15) is 17.5 Å². The third-order valence-electron chi connectivity index (χ3n) is 2.97. The van der Waals surface area contributed by atoms with Crippen molar-refractivity contribution in [3.63, 3.8) is 0 Å². The summed E-state index contributed by atoms with van der Waals surface area (Å²) in [5.74, 6) is 0.507. The summed E-state index contributed by atoms with van der Waals surface area (Å²) in [7, 11) is 0. The van der Waals surface area contributed by atoms with Crippen LogP contribution in [0.2, 0.25) is 0 Å². The maximum absolute atomic E-state index is 10.9. The van der Waals surface area contributed by atoms with Gasteiger partial charge in [0.05, 0.1) is 10.7 Å². The third kappa shape index (κ3) is 5.75. The Balaban J connectivity index is 0.00000288. The second-order valence-corrected chi connectivity index (χ2v) is 8.24. The van der Waals surface area contributed by atoms with Crippen LogP contribution in [0.5, 0.6) is 17.2 Å². The van der Waals surface area contributed by atoms with Crippen molar-refractivity contribution in [2.24, 2.45) is 5.73 Å². The van der Waals surface area contributed by atoms with E-state index >= 15 is 0 Å². The van der Waals surface area contributed by atoms with Crippen LogP contribution in [0.1, 0.15) is 5.56 Å².